The van der Waals surface area contributed by atoms with Gasteiger partial charge in [0.05, 0.1) is 0 Å². The van der Waals surface area contributed by atoms with Crippen LogP contribution in [0.5, 0.6) is 0 Å². The molecule has 0 heterocycles. The average Bonchev–Trinajstić information content (AvgIpc) is 2.13. The Morgan fingerprint density at radius 1 is 0.619 bits per heavy atom. The minimum absolute atomic E-state index is 0. The van der Waals surface area contributed by atoms with E-state index in [1.165, 1.54) is 0 Å². The van der Waals surface area contributed by atoms with Crippen molar-refractivity contribution < 1.29 is 79.5 Å². The van der Waals surface area contributed by atoms with Gasteiger partial charge < -0.3 is 31.9 Å². The monoisotopic (exact) mass is 458 g/mol. The van der Waals surface area contributed by atoms with Crippen LogP contribution in [0.2, 0.25) is 0 Å². The molecule has 0 aromatic carbocycles. The van der Waals surface area contributed by atoms with Gasteiger partial charge in [-0.15, -0.1) is 0 Å². The maximum Gasteiger partial charge on any atom is 0.300 e. The number of nitrogens with two attached hydrogens (primary N) is 2. The van der Waals surface area contributed by atoms with Crippen LogP contribution in [0, 0.1) is 39.9 Å². The normalized spacial score (nSPS) is 6.19. The van der Waals surface area contributed by atoms with Crippen LogP contribution in [-0.4, -0.2) is 57.4 Å². The third kappa shape index (κ3) is 361000. The van der Waals surface area contributed by atoms with Gasteiger partial charge in [0.15, 0.2) is 0 Å². The molecule has 0 amide bonds. The molecular formula is C10H24GdN2O8. The summed E-state index contributed by atoms with van der Waals surface area (Å²) in [4.78, 5) is 36.0. The van der Waals surface area contributed by atoms with Crippen molar-refractivity contribution in [3.05, 3.63) is 0 Å². The molecule has 0 saturated carbocycles. The number of carboxylic acids is 4. The molecule has 0 aliphatic carbocycles. The maximum atomic E-state index is 9.00. The van der Waals surface area contributed by atoms with Crippen LogP contribution in [0.4, 0.5) is 0 Å². The fourth-order valence-corrected chi connectivity index (χ4v) is 0. The second-order valence-electron chi connectivity index (χ2n) is 2.65. The van der Waals surface area contributed by atoms with Crippen molar-refractivity contribution in [2.45, 2.75) is 27.7 Å². The van der Waals surface area contributed by atoms with Crippen LogP contribution in [-0.2, 0) is 19.2 Å². The molecular weight excluding hydrogens is 433 g/mol. The van der Waals surface area contributed by atoms with Crippen LogP contribution >= 0.6 is 0 Å². The Labute approximate surface area is 155 Å². The molecule has 10 nitrogen and oxygen atoms in total. The van der Waals surface area contributed by atoms with E-state index < -0.39 is 23.9 Å². The van der Waals surface area contributed by atoms with Crippen LogP contribution in [0.15, 0.2) is 0 Å². The molecule has 0 aromatic heterocycles. The van der Waals surface area contributed by atoms with E-state index in [2.05, 4.69) is 0 Å². The van der Waals surface area contributed by atoms with Crippen molar-refractivity contribution in [1.82, 2.24) is 0 Å². The predicted molar refractivity (Wildman–Crippen MR) is 71.3 cm³/mol. The molecule has 0 spiro atoms. The molecule has 0 fully saturated rings. The molecule has 0 bridgehead atoms. The number of carboxylic acid groups (broad SMARTS) is 4. The quantitative estimate of drug-likeness (QED) is 0.291. The standard InChI is InChI=1S/C2H8N2.4C2H4O2.Gd/c3-1-2-4;4*1-2(3)4;/h1-4H2;4*1H3,(H,3,4);. The summed E-state index contributed by atoms with van der Waals surface area (Å²) in [6.07, 6.45) is 0. The SMILES string of the molecule is CC(=O)O.CC(=O)O.CC(=O)O.CC(=O)O.NCCN.[Gd]. The predicted octanol–water partition coefficient (Wildman–Crippen LogP) is -0.733. The Bertz CT molecular complexity index is 195. The van der Waals surface area contributed by atoms with Crippen LogP contribution in [0.25, 0.3) is 0 Å². The second kappa shape index (κ2) is 36.5. The topological polar surface area (TPSA) is 201 Å². The first-order valence-corrected chi connectivity index (χ1v) is 5.03. The molecule has 0 aliphatic heterocycles. The molecule has 0 radical (unpaired) electrons. The molecule has 0 unspecified atom stereocenters. The summed E-state index contributed by atoms with van der Waals surface area (Å²) in [6, 6.07) is 0. The van der Waals surface area contributed by atoms with Crippen molar-refractivity contribution in [2.24, 2.45) is 11.5 Å². The summed E-state index contributed by atoms with van der Waals surface area (Å²) < 4.78 is 0. The summed E-state index contributed by atoms with van der Waals surface area (Å²) in [6.45, 7) is 5.53. The zero-order valence-electron chi connectivity index (χ0n) is 12.3. The number of carbonyl (C=O) groups is 4. The van der Waals surface area contributed by atoms with Crippen LogP contribution < -0.4 is 11.5 Å². The zero-order chi connectivity index (χ0) is 17.7. The van der Waals surface area contributed by atoms with Gasteiger partial charge in [-0.2, -0.15) is 0 Å². The van der Waals surface area contributed by atoms with Crippen LogP contribution in [0.3, 0.4) is 0 Å². The van der Waals surface area contributed by atoms with Gasteiger partial charge >= 0.3 is 0 Å². The van der Waals surface area contributed by atoms with E-state index >= 15 is 0 Å². The zero-order valence-corrected chi connectivity index (χ0v) is 14.6. The largest absolute Gasteiger partial charge is 0.481 e. The Hall–Kier alpha value is -0.875. The summed E-state index contributed by atoms with van der Waals surface area (Å²) >= 11 is 0. The van der Waals surface area contributed by atoms with E-state index in [0.717, 1.165) is 27.7 Å². The number of aliphatic carboxylic acids is 4. The minimum Gasteiger partial charge on any atom is -0.481 e. The van der Waals surface area contributed by atoms with Gasteiger partial charge in [0, 0.05) is 80.7 Å². The van der Waals surface area contributed by atoms with Gasteiger partial charge in [0.25, 0.3) is 23.9 Å². The van der Waals surface area contributed by atoms with E-state index in [0.29, 0.717) is 13.1 Å². The molecule has 0 saturated heterocycles. The fourth-order valence-electron chi connectivity index (χ4n) is 0. The Morgan fingerprint density at radius 2 is 0.667 bits per heavy atom. The van der Waals surface area contributed by atoms with E-state index in [4.69, 9.17) is 51.1 Å². The van der Waals surface area contributed by atoms with Gasteiger partial charge in [-0.1, -0.05) is 0 Å². The molecule has 11 heteroatoms. The second-order valence-corrected chi connectivity index (χ2v) is 2.65. The average molecular weight is 458 g/mol. The van der Waals surface area contributed by atoms with E-state index in [9.17, 15) is 0 Å². The number of hydrogen-bond acceptors (Lipinski definition) is 6. The Balaban J connectivity index is -0.0000000331. The van der Waals surface area contributed by atoms with Gasteiger partial charge in [-0.3, -0.25) is 19.2 Å². The minimum atomic E-state index is -0.833. The molecule has 0 atom stereocenters. The summed E-state index contributed by atoms with van der Waals surface area (Å²) in [5.41, 5.74) is 9.81. The smallest absolute Gasteiger partial charge is 0.300 e. The molecule has 130 valence electrons. The molecule has 0 aromatic rings. The third-order valence-electron chi connectivity index (χ3n) is 0.167. The first-order chi connectivity index (χ1) is 8.84. The summed E-state index contributed by atoms with van der Waals surface area (Å²) in [5.74, 6) is -3.33. The van der Waals surface area contributed by atoms with Crippen LogP contribution in [0.1, 0.15) is 27.7 Å². The first kappa shape index (κ1) is 36.9. The van der Waals surface area contributed by atoms with Crippen molar-refractivity contribution in [3.8, 4) is 0 Å². The van der Waals surface area contributed by atoms with Crippen molar-refractivity contribution in [3.63, 3.8) is 0 Å². The molecule has 8 N–H and O–H groups in total. The summed E-state index contributed by atoms with van der Waals surface area (Å²) in [7, 11) is 0. The van der Waals surface area contributed by atoms with E-state index in [-0.39, 0.29) is 39.9 Å². The molecule has 0 rings (SSSR count). The van der Waals surface area contributed by atoms with Crippen molar-refractivity contribution in [2.75, 3.05) is 13.1 Å². The third-order valence-corrected chi connectivity index (χ3v) is 0.167. The fraction of sp³-hybridized carbons (Fsp3) is 0.600. The number of rotatable bonds is 1. The Morgan fingerprint density at radius 3 is 0.667 bits per heavy atom. The van der Waals surface area contributed by atoms with E-state index in [1.54, 1.807) is 0 Å². The van der Waals surface area contributed by atoms with Gasteiger partial charge in [0.2, 0.25) is 0 Å². The van der Waals surface area contributed by atoms with E-state index in [1.807, 2.05) is 0 Å². The molecule has 0 aliphatic rings. The van der Waals surface area contributed by atoms with Crippen molar-refractivity contribution >= 4 is 23.9 Å². The molecule has 21 heavy (non-hydrogen) atoms. The van der Waals surface area contributed by atoms with Gasteiger partial charge in [0.1, 0.15) is 0 Å². The van der Waals surface area contributed by atoms with Gasteiger partial charge in [-0.25, -0.2) is 0 Å². The maximum absolute atomic E-state index is 9.00. The van der Waals surface area contributed by atoms with Crippen molar-refractivity contribution in [1.29, 1.82) is 0 Å². The first-order valence-electron chi connectivity index (χ1n) is 5.03. The Kier molecular flexibility index (Phi) is 64.1. The summed E-state index contributed by atoms with van der Waals surface area (Å²) in [5, 5.41) is 29.7. The van der Waals surface area contributed by atoms with Gasteiger partial charge in [-0.05, 0) is 0 Å². The number of hydrogen-bond donors (Lipinski definition) is 6.